The minimum Gasteiger partial charge on any atom is -0.480 e. The monoisotopic (exact) mass is 281 g/mol. The number of hydrogen-bond donors (Lipinski definition) is 1. The van der Waals surface area contributed by atoms with E-state index >= 15 is 0 Å². The van der Waals surface area contributed by atoms with E-state index in [2.05, 4.69) is 24.0 Å². The van der Waals surface area contributed by atoms with Crippen molar-refractivity contribution in [3.05, 3.63) is 11.7 Å². The molecule has 0 amide bonds. The Kier molecular flexibility index (Phi) is 4.75. The fraction of sp³-hybridized carbons (Fsp3) is 0.786. The smallest absolute Gasteiger partial charge is 0.321 e. The van der Waals surface area contributed by atoms with Crippen molar-refractivity contribution in [2.24, 2.45) is 11.8 Å². The van der Waals surface area contributed by atoms with Gasteiger partial charge in [0.2, 0.25) is 5.89 Å². The quantitative estimate of drug-likeness (QED) is 0.888. The number of hydrogen-bond acceptors (Lipinski definition) is 5. The molecule has 2 rings (SSSR count). The second-order valence-electron chi connectivity index (χ2n) is 6.08. The minimum absolute atomic E-state index is 0.152. The number of piperidine rings is 1. The number of rotatable bonds is 5. The molecule has 1 aliphatic heterocycles. The summed E-state index contributed by atoms with van der Waals surface area (Å²) in [5.74, 6) is 1.08. The van der Waals surface area contributed by atoms with Crippen LogP contribution in [0.3, 0.4) is 0 Å². The average Bonchev–Trinajstić information content (AvgIpc) is 2.75. The second-order valence-corrected chi connectivity index (χ2v) is 6.08. The van der Waals surface area contributed by atoms with Crippen LogP contribution >= 0.6 is 0 Å². The van der Waals surface area contributed by atoms with Gasteiger partial charge < -0.3 is 9.63 Å². The van der Waals surface area contributed by atoms with Gasteiger partial charge in [0.25, 0.3) is 0 Å². The van der Waals surface area contributed by atoms with E-state index in [9.17, 15) is 9.90 Å². The summed E-state index contributed by atoms with van der Waals surface area (Å²) in [5, 5.41) is 13.3. The molecular weight excluding hydrogens is 258 g/mol. The van der Waals surface area contributed by atoms with Gasteiger partial charge in [-0.25, -0.2) is 0 Å². The molecule has 2 heterocycles. The first-order valence-electron chi connectivity index (χ1n) is 7.25. The number of aliphatic carboxylic acids is 1. The highest BCUT2D eigenvalue weighted by Gasteiger charge is 2.34. The predicted molar refractivity (Wildman–Crippen MR) is 73.1 cm³/mol. The number of carboxylic acid groups (broad SMARTS) is 1. The van der Waals surface area contributed by atoms with Crippen LogP contribution in [0.4, 0.5) is 0 Å². The zero-order valence-electron chi connectivity index (χ0n) is 12.4. The summed E-state index contributed by atoms with van der Waals surface area (Å²) in [5.41, 5.74) is 0. The standard InChI is InChI=1S/C14H23N3O3/c1-9(2)7-11-15-12(20-16-11)8-17-6-4-5-10(3)13(17)14(18)19/h9-10,13H,4-8H2,1-3H3,(H,18,19). The Bertz CT molecular complexity index is 458. The number of aromatic nitrogens is 2. The molecule has 6 heteroatoms. The highest BCUT2D eigenvalue weighted by atomic mass is 16.5. The Balaban J connectivity index is 2.03. The van der Waals surface area contributed by atoms with E-state index in [1.165, 1.54) is 0 Å². The summed E-state index contributed by atoms with van der Waals surface area (Å²) in [6.07, 6.45) is 2.75. The molecule has 20 heavy (non-hydrogen) atoms. The molecule has 0 aromatic carbocycles. The fourth-order valence-electron chi connectivity index (χ4n) is 2.83. The van der Waals surface area contributed by atoms with E-state index < -0.39 is 12.0 Å². The molecule has 2 atom stereocenters. The lowest BCUT2D eigenvalue weighted by molar-refractivity contribution is -0.147. The van der Waals surface area contributed by atoms with Crippen molar-refractivity contribution in [3.63, 3.8) is 0 Å². The summed E-state index contributed by atoms with van der Waals surface area (Å²) < 4.78 is 5.24. The van der Waals surface area contributed by atoms with Crippen LogP contribution in [0.2, 0.25) is 0 Å². The number of carbonyl (C=O) groups is 1. The molecule has 1 aliphatic rings. The average molecular weight is 281 g/mol. The van der Waals surface area contributed by atoms with Gasteiger partial charge in [-0.15, -0.1) is 0 Å². The van der Waals surface area contributed by atoms with E-state index in [4.69, 9.17) is 4.52 Å². The minimum atomic E-state index is -0.765. The van der Waals surface area contributed by atoms with Gasteiger partial charge in [0.1, 0.15) is 6.04 Å². The molecule has 2 unspecified atom stereocenters. The predicted octanol–water partition coefficient (Wildman–Crippen LogP) is 1.95. The molecule has 0 aliphatic carbocycles. The first kappa shape index (κ1) is 15.0. The topological polar surface area (TPSA) is 79.5 Å². The molecule has 1 aromatic heterocycles. The van der Waals surface area contributed by atoms with Crippen molar-refractivity contribution in [1.29, 1.82) is 0 Å². The van der Waals surface area contributed by atoms with Gasteiger partial charge in [-0.3, -0.25) is 9.69 Å². The number of carboxylic acids is 1. The Hall–Kier alpha value is -1.43. The third-order valence-electron chi connectivity index (χ3n) is 3.73. The van der Waals surface area contributed by atoms with E-state index in [0.29, 0.717) is 24.2 Å². The summed E-state index contributed by atoms with van der Waals surface area (Å²) >= 11 is 0. The molecule has 6 nitrogen and oxygen atoms in total. The van der Waals surface area contributed by atoms with Gasteiger partial charge in [0.15, 0.2) is 5.82 Å². The first-order chi connectivity index (χ1) is 9.47. The van der Waals surface area contributed by atoms with Crippen LogP contribution in [0.5, 0.6) is 0 Å². The van der Waals surface area contributed by atoms with Crippen LogP contribution in [-0.2, 0) is 17.8 Å². The van der Waals surface area contributed by atoms with Gasteiger partial charge in [0.05, 0.1) is 6.54 Å². The van der Waals surface area contributed by atoms with E-state index in [-0.39, 0.29) is 5.92 Å². The molecule has 0 radical (unpaired) electrons. The molecule has 0 spiro atoms. The molecule has 1 saturated heterocycles. The van der Waals surface area contributed by atoms with Gasteiger partial charge >= 0.3 is 5.97 Å². The van der Waals surface area contributed by atoms with Gasteiger partial charge in [-0.2, -0.15) is 4.98 Å². The third kappa shape index (κ3) is 3.56. The highest BCUT2D eigenvalue weighted by molar-refractivity contribution is 5.74. The first-order valence-corrected chi connectivity index (χ1v) is 7.25. The molecule has 1 aromatic rings. The Morgan fingerprint density at radius 3 is 2.95 bits per heavy atom. The summed E-state index contributed by atoms with van der Waals surface area (Å²) in [7, 11) is 0. The SMILES string of the molecule is CC(C)Cc1noc(CN2CCCC(C)C2C(=O)O)n1. The number of likely N-dealkylation sites (tertiary alicyclic amines) is 1. The molecule has 0 saturated carbocycles. The molecular formula is C14H23N3O3. The van der Waals surface area contributed by atoms with Crippen LogP contribution in [0.15, 0.2) is 4.52 Å². The van der Waals surface area contributed by atoms with E-state index in [0.717, 1.165) is 25.8 Å². The van der Waals surface area contributed by atoms with Crippen LogP contribution in [0.1, 0.15) is 45.3 Å². The van der Waals surface area contributed by atoms with Crippen molar-refractivity contribution in [3.8, 4) is 0 Å². The fourth-order valence-corrected chi connectivity index (χ4v) is 2.83. The Labute approximate surface area is 119 Å². The zero-order chi connectivity index (χ0) is 14.7. The second kappa shape index (κ2) is 6.35. The summed E-state index contributed by atoms with van der Waals surface area (Å²) in [6, 6.07) is -0.454. The molecule has 1 N–H and O–H groups in total. The van der Waals surface area contributed by atoms with Crippen LogP contribution < -0.4 is 0 Å². The van der Waals surface area contributed by atoms with Crippen molar-refractivity contribution in [2.75, 3.05) is 6.54 Å². The van der Waals surface area contributed by atoms with Crippen LogP contribution in [-0.4, -0.2) is 38.7 Å². The molecule has 112 valence electrons. The van der Waals surface area contributed by atoms with Crippen LogP contribution in [0.25, 0.3) is 0 Å². The van der Waals surface area contributed by atoms with E-state index in [1.54, 1.807) is 0 Å². The maximum Gasteiger partial charge on any atom is 0.321 e. The molecule has 1 fully saturated rings. The van der Waals surface area contributed by atoms with E-state index in [1.807, 2.05) is 11.8 Å². The van der Waals surface area contributed by atoms with Crippen molar-refractivity contribution >= 4 is 5.97 Å². The maximum absolute atomic E-state index is 11.4. The van der Waals surface area contributed by atoms with Gasteiger partial charge in [-0.1, -0.05) is 25.9 Å². The lowest BCUT2D eigenvalue weighted by Gasteiger charge is -2.36. The highest BCUT2D eigenvalue weighted by Crippen LogP contribution is 2.25. The Morgan fingerprint density at radius 2 is 2.30 bits per heavy atom. The normalized spacial score (nSPS) is 24.2. The van der Waals surface area contributed by atoms with Gasteiger partial charge in [0, 0.05) is 6.42 Å². The number of nitrogens with zero attached hydrogens (tertiary/aromatic N) is 3. The summed E-state index contributed by atoms with van der Waals surface area (Å²) in [4.78, 5) is 17.7. The third-order valence-corrected chi connectivity index (χ3v) is 3.73. The maximum atomic E-state index is 11.4. The molecule has 0 bridgehead atoms. The lowest BCUT2D eigenvalue weighted by atomic mass is 9.91. The summed E-state index contributed by atoms with van der Waals surface area (Å²) in [6.45, 7) is 7.38. The van der Waals surface area contributed by atoms with Gasteiger partial charge in [-0.05, 0) is 31.2 Å². The van der Waals surface area contributed by atoms with Crippen molar-refractivity contribution in [1.82, 2.24) is 15.0 Å². The van der Waals surface area contributed by atoms with Crippen LogP contribution in [0, 0.1) is 11.8 Å². The largest absolute Gasteiger partial charge is 0.480 e. The lowest BCUT2D eigenvalue weighted by Crippen LogP contribution is -2.48. The van der Waals surface area contributed by atoms with Crippen molar-refractivity contribution < 1.29 is 14.4 Å². The Morgan fingerprint density at radius 1 is 1.55 bits per heavy atom. The van der Waals surface area contributed by atoms with Crippen molar-refractivity contribution in [2.45, 2.75) is 52.6 Å². The zero-order valence-corrected chi connectivity index (χ0v) is 12.4.